The van der Waals surface area contributed by atoms with Crippen molar-refractivity contribution in [2.45, 2.75) is 6.10 Å². The number of thiazole rings is 1. The van der Waals surface area contributed by atoms with Crippen LogP contribution in [0.15, 0.2) is 71.3 Å². The van der Waals surface area contributed by atoms with Crippen LogP contribution in [0, 0.1) is 0 Å². The molecule has 1 amide bonds. The van der Waals surface area contributed by atoms with Crippen LogP contribution in [-0.4, -0.2) is 42.0 Å². The van der Waals surface area contributed by atoms with Gasteiger partial charge in [0.2, 0.25) is 6.79 Å². The normalized spacial score (nSPS) is 13.0. The number of aliphatic hydroxyl groups excluding tert-OH is 1. The number of nitrogens with one attached hydrogen (secondary N) is 1. The summed E-state index contributed by atoms with van der Waals surface area (Å²) < 4.78 is 21.6. The Morgan fingerprint density at radius 2 is 1.97 bits per heavy atom. The molecule has 0 radical (unpaired) electrons. The van der Waals surface area contributed by atoms with Gasteiger partial charge in [-0.05, 0) is 24.3 Å². The second-order valence-corrected chi connectivity index (χ2v) is 8.23. The van der Waals surface area contributed by atoms with Crippen LogP contribution < -0.4 is 19.5 Å². The average molecular weight is 464 g/mol. The van der Waals surface area contributed by atoms with Gasteiger partial charge in [-0.3, -0.25) is 4.79 Å². The van der Waals surface area contributed by atoms with Crippen LogP contribution >= 0.6 is 11.3 Å². The molecule has 1 unspecified atom stereocenters. The van der Waals surface area contributed by atoms with Gasteiger partial charge in [-0.2, -0.15) is 0 Å². The van der Waals surface area contributed by atoms with Crippen molar-refractivity contribution in [1.29, 1.82) is 0 Å². The molecule has 2 aromatic heterocycles. The minimum atomic E-state index is -0.906. The second-order valence-electron chi connectivity index (χ2n) is 7.23. The van der Waals surface area contributed by atoms with Crippen molar-refractivity contribution in [1.82, 2.24) is 10.3 Å². The van der Waals surface area contributed by atoms with Crippen molar-refractivity contribution < 1.29 is 28.5 Å². The molecule has 9 heteroatoms. The van der Waals surface area contributed by atoms with E-state index in [4.69, 9.17) is 18.6 Å². The number of furan rings is 1. The highest BCUT2D eigenvalue weighted by atomic mass is 32.1. The molecular formula is C24H20N2O6S. The minimum absolute atomic E-state index is 0.00576. The summed E-state index contributed by atoms with van der Waals surface area (Å²) in [6, 6.07) is 18.2. The number of aliphatic hydroxyl groups is 1. The highest BCUT2D eigenvalue weighted by molar-refractivity contribution is 7.17. The third kappa shape index (κ3) is 4.69. The Labute approximate surface area is 193 Å². The fraction of sp³-hybridized carbons (Fsp3) is 0.167. The molecule has 5 rings (SSSR count). The summed E-state index contributed by atoms with van der Waals surface area (Å²) in [6.07, 6.45) is 0.659. The van der Waals surface area contributed by atoms with Crippen LogP contribution in [0.3, 0.4) is 0 Å². The molecule has 1 aliphatic rings. The Kier molecular flexibility index (Phi) is 5.97. The molecule has 1 atom stereocenters. The first-order valence-electron chi connectivity index (χ1n) is 10.3. The maximum Gasteiger partial charge on any atom is 0.263 e. The molecule has 1 aliphatic heterocycles. The summed E-state index contributed by atoms with van der Waals surface area (Å²) in [5.74, 6) is 2.06. The number of benzene rings is 2. The molecule has 33 heavy (non-hydrogen) atoms. The number of carbonyl (C=O) groups excluding carboxylic acids is 1. The minimum Gasteiger partial charge on any atom is -0.491 e. The van der Waals surface area contributed by atoms with Gasteiger partial charge in [0.1, 0.15) is 23.3 Å². The van der Waals surface area contributed by atoms with Gasteiger partial charge in [0, 0.05) is 18.2 Å². The Bertz CT molecular complexity index is 1240. The Morgan fingerprint density at radius 3 is 2.79 bits per heavy atom. The molecule has 2 N–H and O–H groups in total. The molecule has 0 saturated carbocycles. The summed E-state index contributed by atoms with van der Waals surface area (Å²) in [6.45, 7) is 0.203. The molecule has 2 aromatic carbocycles. The monoisotopic (exact) mass is 464 g/mol. The number of carbonyl (C=O) groups is 1. The van der Waals surface area contributed by atoms with Gasteiger partial charge in [-0.15, -0.1) is 11.3 Å². The number of amides is 1. The van der Waals surface area contributed by atoms with Crippen molar-refractivity contribution in [3.05, 3.63) is 71.8 Å². The molecule has 0 fully saturated rings. The van der Waals surface area contributed by atoms with Gasteiger partial charge >= 0.3 is 0 Å². The smallest absolute Gasteiger partial charge is 0.263 e. The predicted octanol–water partition coefficient (Wildman–Crippen LogP) is 3.97. The van der Waals surface area contributed by atoms with E-state index in [1.165, 1.54) is 11.3 Å². The standard InChI is InChI=1S/C24H20N2O6S/c27-16(13-30-17-8-9-18-20(11-17)32-14-31-18)12-25-23(28)22-21(15-5-2-1-3-6-15)26-24(33-22)19-7-4-10-29-19/h1-11,16,27H,12-14H2,(H,25,28). The van der Waals surface area contributed by atoms with Crippen molar-refractivity contribution >= 4 is 17.2 Å². The van der Waals surface area contributed by atoms with Gasteiger partial charge in [-0.1, -0.05) is 30.3 Å². The number of fused-ring (bicyclic) bond motifs is 1. The van der Waals surface area contributed by atoms with E-state index in [0.29, 0.717) is 38.6 Å². The Balaban J connectivity index is 1.24. The third-order valence-corrected chi connectivity index (χ3v) is 5.97. The van der Waals surface area contributed by atoms with E-state index in [1.807, 2.05) is 30.3 Å². The van der Waals surface area contributed by atoms with Crippen LogP contribution in [0.1, 0.15) is 9.67 Å². The number of aromatic nitrogens is 1. The van der Waals surface area contributed by atoms with Gasteiger partial charge < -0.3 is 29.1 Å². The molecule has 4 aromatic rings. The first-order chi connectivity index (χ1) is 16.2. The van der Waals surface area contributed by atoms with Crippen LogP contribution in [0.25, 0.3) is 22.0 Å². The average Bonchev–Trinajstić information content (AvgIpc) is 3.61. The van der Waals surface area contributed by atoms with E-state index in [9.17, 15) is 9.90 Å². The van der Waals surface area contributed by atoms with E-state index < -0.39 is 6.10 Å². The molecule has 3 heterocycles. The molecule has 168 valence electrons. The topological polar surface area (TPSA) is 103 Å². The first-order valence-corrected chi connectivity index (χ1v) is 11.1. The van der Waals surface area contributed by atoms with Crippen LogP contribution in [0.4, 0.5) is 0 Å². The van der Waals surface area contributed by atoms with Gasteiger partial charge in [-0.25, -0.2) is 4.98 Å². The zero-order chi connectivity index (χ0) is 22.6. The first kappa shape index (κ1) is 21.0. The summed E-state index contributed by atoms with van der Waals surface area (Å²) in [4.78, 5) is 18.0. The maximum atomic E-state index is 13.0. The highest BCUT2D eigenvalue weighted by Crippen LogP contribution is 2.35. The lowest BCUT2D eigenvalue weighted by Crippen LogP contribution is -2.35. The fourth-order valence-corrected chi connectivity index (χ4v) is 4.25. The maximum absolute atomic E-state index is 13.0. The van der Waals surface area contributed by atoms with E-state index in [2.05, 4.69) is 10.3 Å². The molecule has 0 aliphatic carbocycles. The molecule has 0 bridgehead atoms. The lowest BCUT2D eigenvalue weighted by atomic mass is 10.1. The Hall–Kier alpha value is -3.82. The van der Waals surface area contributed by atoms with Crippen molar-refractivity contribution in [2.24, 2.45) is 0 Å². The SMILES string of the molecule is O=C(NCC(O)COc1ccc2c(c1)OCO2)c1sc(-c2ccco2)nc1-c1ccccc1. The summed E-state index contributed by atoms with van der Waals surface area (Å²) >= 11 is 1.24. The van der Waals surface area contributed by atoms with E-state index >= 15 is 0 Å². The van der Waals surface area contributed by atoms with Gasteiger partial charge in [0.05, 0.1) is 12.0 Å². The van der Waals surface area contributed by atoms with Gasteiger partial charge in [0.25, 0.3) is 5.91 Å². The lowest BCUT2D eigenvalue weighted by molar-refractivity contribution is 0.0847. The van der Waals surface area contributed by atoms with Crippen LogP contribution in [-0.2, 0) is 0 Å². The van der Waals surface area contributed by atoms with Crippen molar-refractivity contribution in [3.8, 4) is 39.3 Å². The van der Waals surface area contributed by atoms with Crippen LogP contribution in [0.5, 0.6) is 17.2 Å². The molecule has 0 spiro atoms. The van der Waals surface area contributed by atoms with E-state index in [-0.39, 0.29) is 25.9 Å². The summed E-state index contributed by atoms with van der Waals surface area (Å²) in [5.41, 5.74) is 1.39. The quantitative estimate of drug-likeness (QED) is 0.407. The number of ether oxygens (including phenoxy) is 3. The van der Waals surface area contributed by atoms with Crippen molar-refractivity contribution in [2.75, 3.05) is 19.9 Å². The zero-order valence-electron chi connectivity index (χ0n) is 17.4. The lowest BCUT2D eigenvalue weighted by Gasteiger charge is -2.13. The summed E-state index contributed by atoms with van der Waals surface area (Å²) in [7, 11) is 0. The van der Waals surface area contributed by atoms with E-state index in [0.717, 1.165) is 5.56 Å². The molecular weight excluding hydrogens is 444 g/mol. The molecule has 0 saturated heterocycles. The zero-order valence-corrected chi connectivity index (χ0v) is 18.2. The number of hydrogen-bond acceptors (Lipinski definition) is 8. The number of hydrogen-bond donors (Lipinski definition) is 2. The van der Waals surface area contributed by atoms with Crippen LogP contribution in [0.2, 0.25) is 0 Å². The highest BCUT2D eigenvalue weighted by Gasteiger charge is 2.22. The predicted molar refractivity (Wildman–Crippen MR) is 122 cm³/mol. The second kappa shape index (κ2) is 9.35. The number of nitrogens with zero attached hydrogens (tertiary/aromatic N) is 1. The fourth-order valence-electron chi connectivity index (χ4n) is 3.28. The van der Waals surface area contributed by atoms with E-state index in [1.54, 1.807) is 36.6 Å². The summed E-state index contributed by atoms with van der Waals surface area (Å²) in [5, 5.41) is 13.7. The number of rotatable bonds is 8. The van der Waals surface area contributed by atoms with Crippen molar-refractivity contribution in [3.63, 3.8) is 0 Å². The van der Waals surface area contributed by atoms with Gasteiger partial charge in [0.15, 0.2) is 22.3 Å². The largest absolute Gasteiger partial charge is 0.491 e. The third-order valence-electron chi connectivity index (χ3n) is 4.90. The molecule has 8 nitrogen and oxygen atoms in total. The Morgan fingerprint density at radius 1 is 1.12 bits per heavy atom.